The Morgan fingerprint density at radius 3 is 2.59 bits per heavy atom. The van der Waals surface area contributed by atoms with E-state index in [1.165, 1.54) is 0 Å². The van der Waals surface area contributed by atoms with E-state index in [1.807, 2.05) is 12.1 Å². The van der Waals surface area contributed by atoms with Crippen molar-refractivity contribution in [3.63, 3.8) is 0 Å². The minimum atomic E-state index is -2.06. The Hall–Kier alpha value is -1.80. The van der Waals surface area contributed by atoms with Gasteiger partial charge in [-0.3, -0.25) is 4.79 Å². The van der Waals surface area contributed by atoms with E-state index >= 15 is 0 Å². The fraction of sp³-hybridized carbons (Fsp3) is 0.636. The van der Waals surface area contributed by atoms with Gasteiger partial charge >= 0.3 is 0 Å². The number of ether oxygens (including phenoxy) is 1. The highest BCUT2D eigenvalue weighted by atomic mass is 28.4. The average molecular weight is 388 g/mol. The zero-order valence-corrected chi connectivity index (χ0v) is 18.6. The highest BCUT2D eigenvalue weighted by Crippen LogP contribution is 2.44. The number of carbonyl (C=O) groups is 1. The zero-order valence-electron chi connectivity index (χ0n) is 17.6. The molecular weight excluding hydrogens is 354 g/mol. The van der Waals surface area contributed by atoms with Gasteiger partial charge in [0.25, 0.3) is 8.32 Å². The van der Waals surface area contributed by atoms with E-state index in [4.69, 9.17) is 14.4 Å². The van der Waals surface area contributed by atoms with E-state index < -0.39 is 8.32 Å². The number of unbranched alkanes of at least 4 members (excludes halogenated alkanes) is 1. The van der Waals surface area contributed by atoms with Crippen LogP contribution in [-0.4, -0.2) is 21.2 Å². The van der Waals surface area contributed by atoms with Gasteiger partial charge in [0.1, 0.15) is 0 Å². The Morgan fingerprint density at radius 1 is 1.30 bits per heavy atom. The number of methoxy groups -OCH3 is 1. The molecule has 1 aromatic rings. The van der Waals surface area contributed by atoms with Crippen molar-refractivity contribution in [1.29, 1.82) is 5.26 Å². The fourth-order valence-corrected chi connectivity index (χ4v) is 4.39. The van der Waals surface area contributed by atoms with Crippen LogP contribution in [0.2, 0.25) is 18.1 Å². The molecule has 0 amide bonds. The van der Waals surface area contributed by atoms with Crippen LogP contribution < -0.4 is 9.16 Å². The monoisotopic (exact) mass is 387 g/mol. The molecule has 5 heteroatoms. The Balaban J connectivity index is 2.43. The fourth-order valence-electron chi connectivity index (χ4n) is 3.35. The van der Waals surface area contributed by atoms with Crippen LogP contribution in [-0.2, 0) is 6.42 Å². The number of nitriles is 1. The van der Waals surface area contributed by atoms with Crippen LogP contribution in [0.3, 0.4) is 0 Å². The lowest BCUT2D eigenvalue weighted by Gasteiger charge is -2.37. The molecule has 1 atom stereocenters. The summed E-state index contributed by atoms with van der Waals surface area (Å²) in [4.78, 5) is 13.2. The number of Topliss-reactive ketones (excluding diaryl/α,β-unsaturated/α-hetero) is 1. The molecule has 0 fully saturated rings. The first-order chi connectivity index (χ1) is 12.6. The lowest BCUT2D eigenvalue weighted by molar-refractivity contribution is 0.0907. The maximum absolute atomic E-state index is 13.2. The van der Waals surface area contributed by atoms with E-state index in [2.05, 4.69) is 39.9 Å². The molecule has 4 nitrogen and oxygen atoms in total. The molecule has 0 aromatic heterocycles. The van der Waals surface area contributed by atoms with Crippen molar-refractivity contribution < 1.29 is 14.0 Å². The summed E-state index contributed by atoms with van der Waals surface area (Å²) >= 11 is 0. The molecule has 0 heterocycles. The Labute approximate surface area is 165 Å². The molecule has 148 valence electrons. The van der Waals surface area contributed by atoms with Crippen LogP contribution in [0.5, 0.6) is 11.5 Å². The number of carbonyl (C=O) groups excluding carboxylic acids is 1. The van der Waals surface area contributed by atoms with Gasteiger partial charge in [0, 0.05) is 23.5 Å². The van der Waals surface area contributed by atoms with Crippen LogP contribution in [0.15, 0.2) is 12.1 Å². The summed E-state index contributed by atoms with van der Waals surface area (Å²) in [6.07, 6.45) is 4.75. The molecule has 2 rings (SSSR count). The van der Waals surface area contributed by atoms with Gasteiger partial charge in [-0.1, -0.05) is 20.8 Å². The molecule has 1 aromatic carbocycles. The summed E-state index contributed by atoms with van der Waals surface area (Å²) in [5, 5.41) is 8.85. The Morgan fingerprint density at radius 2 is 2.00 bits per heavy atom. The number of rotatable bonds is 6. The molecule has 0 aliphatic heterocycles. The summed E-state index contributed by atoms with van der Waals surface area (Å²) in [6.45, 7) is 11.1. The lowest BCUT2D eigenvalue weighted by atomic mass is 9.90. The molecule has 0 saturated carbocycles. The highest BCUT2D eigenvalue weighted by Gasteiger charge is 2.40. The van der Waals surface area contributed by atoms with Gasteiger partial charge in [0.05, 0.1) is 13.2 Å². The van der Waals surface area contributed by atoms with Crippen LogP contribution >= 0.6 is 0 Å². The summed E-state index contributed by atoms with van der Waals surface area (Å²) in [5.41, 5.74) is 1.79. The Bertz CT molecular complexity index is 728. The van der Waals surface area contributed by atoms with Crippen LogP contribution in [0.4, 0.5) is 0 Å². The third kappa shape index (κ3) is 4.73. The standard InChI is InChI=1S/C22H33NO3Si/c1-22(2,3)27(5,6)26-21-18-12-9-11-16(10-7-8-15-23)20(24)17(18)13-14-19(21)25-4/h13-14,16H,7-12H2,1-6H3. The first kappa shape index (κ1) is 21.5. The smallest absolute Gasteiger partial charge is 0.250 e. The van der Waals surface area contributed by atoms with Gasteiger partial charge in [-0.05, 0) is 62.4 Å². The van der Waals surface area contributed by atoms with Crippen molar-refractivity contribution in [1.82, 2.24) is 0 Å². The summed E-state index contributed by atoms with van der Waals surface area (Å²) in [7, 11) is -0.405. The zero-order chi connectivity index (χ0) is 20.2. The number of benzene rings is 1. The number of fused-ring (bicyclic) bond motifs is 1. The van der Waals surface area contributed by atoms with Gasteiger partial charge in [-0.15, -0.1) is 0 Å². The molecule has 1 aliphatic carbocycles. The van der Waals surface area contributed by atoms with Crippen molar-refractivity contribution in [3.8, 4) is 17.6 Å². The van der Waals surface area contributed by atoms with Crippen LogP contribution in [0.1, 0.15) is 68.8 Å². The van der Waals surface area contributed by atoms with Gasteiger partial charge in [-0.2, -0.15) is 5.26 Å². The SMILES string of the molecule is COc1ccc2c(c1O[Si](C)(C)C(C)(C)C)CCCC(CCCC#N)C2=O. The second-order valence-electron chi connectivity index (χ2n) is 8.99. The van der Waals surface area contributed by atoms with Gasteiger partial charge in [-0.25, -0.2) is 0 Å². The van der Waals surface area contributed by atoms with E-state index in [0.717, 1.165) is 49.0 Å². The molecule has 0 radical (unpaired) electrons. The van der Waals surface area contributed by atoms with E-state index in [0.29, 0.717) is 12.2 Å². The van der Waals surface area contributed by atoms with Crippen molar-refractivity contribution in [3.05, 3.63) is 23.3 Å². The number of nitrogens with zero attached hydrogens (tertiary/aromatic N) is 1. The number of ketones is 1. The van der Waals surface area contributed by atoms with E-state index in [-0.39, 0.29) is 16.7 Å². The second kappa shape index (κ2) is 8.47. The molecule has 0 N–H and O–H groups in total. The second-order valence-corrected chi connectivity index (χ2v) is 13.7. The molecule has 0 spiro atoms. The first-order valence-electron chi connectivity index (χ1n) is 9.92. The Kier molecular flexibility index (Phi) is 6.75. The third-order valence-electron chi connectivity index (χ3n) is 6.06. The summed E-state index contributed by atoms with van der Waals surface area (Å²) in [5.74, 6) is 1.69. The number of hydrogen-bond acceptors (Lipinski definition) is 4. The largest absolute Gasteiger partial charge is 0.541 e. The van der Waals surface area contributed by atoms with Crippen molar-refractivity contribution in [2.75, 3.05) is 7.11 Å². The quantitative estimate of drug-likeness (QED) is 0.346. The highest BCUT2D eigenvalue weighted by molar-refractivity contribution is 6.74. The minimum absolute atomic E-state index is 0.00807. The maximum Gasteiger partial charge on any atom is 0.250 e. The van der Waals surface area contributed by atoms with E-state index in [1.54, 1.807) is 7.11 Å². The van der Waals surface area contributed by atoms with Crippen molar-refractivity contribution in [2.24, 2.45) is 5.92 Å². The molecule has 1 unspecified atom stereocenters. The molecule has 1 aliphatic rings. The summed E-state index contributed by atoms with van der Waals surface area (Å²) in [6, 6.07) is 5.95. The predicted octanol–water partition coefficient (Wildman–Crippen LogP) is 5.91. The topological polar surface area (TPSA) is 59.3 Å². The predicted molar refractivity (Wildman–Crippen MR) is 111 cm³/mol. The average Bonchev–Trinajstić information content (AvgIpc) is 2.74. The van der Waals surface area contributed by atoms with Gasteiger partial charge in [0.15, 0.2) is 17.3 Å². The number of hydrogen-bond donors (Lipinski definition) is 0. The third-order valence-corrected chi connectivity index (χ3v) is 10.4. The van der Waals surface area contributed by atoms with Crippen molar-refractivity contribution >= 4 is 14.1 Å². The van der Waals surface area contributed by atoms with Crippen molar-refractivity contribution in [2.45, 2.75) is 77.4 Å². The minimum Gasteiger partial charge on any atom is -0.541 e. The molecule has 27 heavy (non-hydrogen) atoms. The van der Waals surface area contributed by atoms with Crippen LogP contribution in [0, 0.1) is 17.2 Å². The molecule has 0 saturated heterocycles. The normalized spacial score (nSPS) is 17.7. The molecular formula is C22H33NO3Si. The van der Waals surface area contributed by atoms with Gasteiger partial charge in [0.2, 0.25) is 0 Å². The lowest BCUT2D eigenvalue weighted by Crippen LogP contribution is -2.44. The maximum atomic E-state index is 13.2. The first-order valence-corrected chi connectivity index (χ1v) is 12.8. The van der Waals surface area contributed by atoms with Crippen LogP contribution in [0.25, 0.3) is 0 Å². The molecule has 0 bridgehead atoms. The summed E-state index contributed by atoms with van der Waals surface area (Å²) < 4.78 is 12.2. The van der Waals surface area contributed by atoms with Gasteiger partial charge < -0.3 is 9.16 Å². The van der Waals surface area contributed by atoms with E-state index in [9.17, 15) is 4.79 Å².